The second-order valence-electron chi connectivity index (χ2n) is 24.4. The van der Waals surface area contributed by atoms with Crippen molar-refractivity contribution in [2.45, 2.75) is 223 Å². The molecule has 16 atom stereocenters. The van der Waals surface area contributed by atoms with Crippen LogP contribution in [0.5, 0.6) is 0 Å². The minimum Gasteiger partial charge on any atom is -0.374 e. The van der Waals surface area contributed by atoms with Gasteiger partial charge >= 0.3 is 0 Å². The zero-order valence-corrected chi connectivity index (χ0v) is 38.2. The predicted octanol–water partition coefficient (Wildman–Crippen LogP) is 15.8. The molecule has 0 amide bonds. The number of rotatable bonds is 12. The van der Waals surface area contributed by atoms with E-state index in [1.807, 2.05) is 11.1 Å². The number of hydrogen-bond acceptors (Lipinski definition) is 1. The highest BCUT2D eigenvalue weighted by atomic mass is 16.5. The zero-order valence-electron chi connectivity index (χ0n) is 38.2. The summed E-state index contributed by atoms with van der Waals surface area (Å²) >= 11 is 0. The third-order valence-corrected chi connectivity index (χ3v) is 20.9. The maximum absolute atomic E-state index is 7.26. The number of hydrogen-bond donors (Lipinski definition) is 0. The van der Waals surface area contributed by atoms with Gasteiger partial charge in [-0.25, -0.2) is 0 Å². The second kappa shape index (κ2) is 15.8. The van der Waals surface area contributed by atoms with Gasteiger partial charge in [0.2, 0.25) is 0 Å². The van der Waals surface area contributed by atoms with E-state index in [0.29, 0.717) is 33.9 Å². The van der Waals surface area contributed by atoms with Crippen LogP contribution in [0, 0.1) is 92.7 Å². The monoisotopic (exact) mass is 755 g/mol. The summed E-state index contributed by atoms with van der Waals surface area (Å²) < 4.78 is 7.26. The molecule has 0 heterocycles. The fourth-order valence-corrected chi connectivity index (χ4v) is 17.8. The summed E-state index contributed by atoms with van der Waals surface area (Å²) in [6, 6.07) is 0. The highest BCUT2D eigenvalue weighted by Gasteiger charge is 2.61. The molecule has 0 aromatic heterocycles. The maximum Gasteiger partial charge on any atom is 0.0616 e. The van der Waals surface area contributed by atoms with Crippen LogP contribution in [-0.2, 0) is 4.74 Å². The van der Waals surface area contributed by atoms with Gasteiger partial charge < -0.3 is 4.74 Å². The van der Waals surface area contributed by atoms with E-state index >= 15 is 0 Å². The molecular formula is C54H90O. The van der Waals surface area contributed by atoms with Crippen LogP contribution in [0.3, 0.4) is 0 Å². The van der Waals surface area contributed by atoms with Crippen LogP contribution in [0.4, 0.5) is 0 Å². The van der Waals surface area contributed by atoms with Crippen LogP contribution in [-0.4, -0.2) is 12.2 Å². The van der Waals surface area contributed by atoms with Gasteiger partial charge in [-0.1, -0.05) is 131 Å². The van der Waals surface area contributed by atoms with Crippen LogP contribution in [0.1, 0.15) is 210 Å². The first-order valence-corrected chi connectivity index (χ1v) is 25.2. The Morgan fingerprint density at radius 2 is 0.927 bits per heavy atom. The Morgan fingerprint density at radius 3 is 1.33 bits per heavy atom. The lowest BCUT2D eigenvalue weighted by Crippen LogP contribution is -2.52. The third-order valence-electron chi connectivity index (χ3n) is 20.9. The van der Waals surface area contributed by atoms with Crippen molar-refractivity contribution >= 4 is 0 Å². The normalized spacial score (nSPS) is 47.5. The highest BCUT2D eigenvalue weighted by molar-refractivity contribution is 5.27. The fraction of sp³-hybridized carbons (Fsp3) is 0.926. The Labute approximate surface area is 342 Å². The molecule has 0 radical (unpaired) electrons. The van der Waals surface area contributed by atoms with Crippen molar-refractivity contribution in [3.05, 3.63) is 23.3 Å². The molecule has 8 rings (SSSR count). The molecule has 0 spiro atoms. The van der Waals surface area contributed by atoms with Crippen molar-refractivity contribution in [2.75, 3.05) is 0 Å². The molecule has 0 N–H and O–H groups in total. The van der Waals surface area contributed by atoms with Gasteiger partial charge in [0.05, 0.1) is 12.2 Å². The summed E-state index contributed by atoms with van der Waals surface area (Å²) in [6.45, 7) is 25.9. The molecule has 6 fully saturated rings. The topological polar surface area (TPSA) is 9.23 Å². The van der Waals surface area contributed by atoms with Gasteiger partial charge in [0.1, 0.15) is 0 Å². The minimum absolute atomic E-state index is 0.428. The molecule has 55 heavy (non-hydrogen) atoms. The number of fused-ring (bicyclic) bond motifs is 10. The Bertz CT molecular complexity index is 1300. The lowest BCUT2D eigenvalue weighted by Gasteiger charge is -2.59. The molecule has 6 saturated carbocycles. The van der Waals surface area contributed by atoms with Crippen molar-refractivity contribution in [3.63, 3.8) is 0 Å². The molecule has 0 unspecified atom stereocenters. The highest BCUT2D eigenvalue weighted by Crippen LogP contribution is 2.69. The molecule has 312 valence electrons. The van der Waals surface area contributed by atoms with Gasteiger partial charge in [0.15, 0.2) is 0 Å². The Hall–Kier alpha value is -0.560. The summed E-state index contributed by atoms with van der Waals surface area (Å²) in [5, 5.41) is 0. The molecule has 0 saturated heterocycles. The van der Waals surface area contributed by atoms with Crippen LogP contribution < -0.4 is 0 Å². The first-order chi connectivity index (χ1) is 26.2. The average Bonchev–Trinajstić information content (AvgIpc) is 3.68. The first-order valence-electron chi connectivity index (χ1n) is 25.2. The van der Waals surface area contributed by atoms with Crippen molar-refractivity contribution in [1.82, 2.24) is 0 Å². The third kappa shape index (κ3) is 7.27. The standard InChI is InChI=1S/C54H90O/c1-35(2)13-11-15-37(5)45-21-23-47-43-19-17-39-33-41(25-29-51(39,7)49(43)27-31-53(45,47)9)55-42-26-30-52(8)40(34-42)18-20-44-48-24-22-46(38(6)16-12-14-36(3)4)54(48,10)32-28-50(44)52/h17-18,35-38,41-50H,11-16,19-34H2,1-10H3/t37-,38-,41-,42+,43+,44+,45-,46-,47+,48+,49+,50+,51+,52+,53-,54-/m1/s1. The molecule has 8 aliphatic rings. The number of ether oxygens (including phenoxy) is 1. The van der Waals surface area contributed by atoms with Crippen LogP contribution >= 0.6 is 0 Å². The van der Waals surface area contributed by atoms with E-state index in [-0.39, 0.29) is 0 Å². The van der Waals surface area contributed by atoms with E-state index < -0.39 is 0 Å². The summed E-state index contributed by atoms with van der Waals surface area (Å²) in [6.07, 6.45) is 37.7. The maximum atomic E-state index is 7.26. The second-order valence-corrected chi connectivity index (χ2v) is 24.4. The van der Waals surface area contributed by atoms with E-state index in [1.165, 1.54) is 141 Å². The van der Waals surface area contributed by atoms with Gasteiger partial charge in [0, 0.05) is 0 Å². The summed E-state index contributed by atoms with van der Waals surface area (Å²) in [5.41, 5.74) is 5.67. The van der Waals surface area contributed by atoms with Gasteiger partial charge in [-0.05, 0) is 195 Å². The summed E-state index contributed by atoms with van der Waals surface area (Å²) in [5.74, 6) is 11.1. The SMILES string of the molecule is CC(C)CCC[C@@H](C)[C@H]1CC[C@H]2[C@@H]3CC=C4C[C@H](O[C@H]5CC[C@@]6(C)C(=CC[C@H]7[C@@H]8CC[C@H]([C@H](C)CCCC(C)C)[C@@]8(C)CC[C@@H]76)C5)CC[C@]4(C)[C@H]3CC[C@]12C. The molecular weight excluding hydrogens is 665 g/mol. The van der Waals surface area contributed by atoms with E-state index in [0.717, 1.165) is 71.0 Å². The molecule has 8 aliphatic carbocycles. The van der Waals surface area contributed by atoms with Crippen molar-refractivity contribution < 1.29 is 4.74 Å². The number of allylic oxidation sites excluding steroid dienone is 2. The van der Waals surface area contributed by atoms with E-state index in [1.54, 1.807) is 0 Å². The Balaban J connectivity index is 0.872. The fourth-order valence-electron chi connectivity index (χ4n) is 17.8. The van der Waals surface area contributed by atoms with Crippen molar-refractivity contribution in [3.8, 4) is 0 Å². The smallest absolute Gasteiger partial charge is 0.0616 e. The lowest BCUT2D eigenvalue weighted by atomic mass is 9.46. The molecule has 1 heteroatoms. The zero-order chi connectivity index (χ0) is 38.9. The molecule has 0 aliphatic heterocycles. The molecule has 1 nitrogen and oxygen atoms in total. The molecule has 0 aromatic carbocycles. The van der Waals surface area contributed by atoms with Crippen LogP contribution in [0.15, 0.2) is 23.3 Å². The van der Waals surface area contributed by atoms with E-state index in [9.17, 15) is 0 Å². The van der Waals surface area contributed by atoms with Crippen LogP contribution in [0.25, 0.3) is 0 Å². The molecule has 0 bridgehead atoms. The van der Waals surface area contributed by atoms with E-state index in [2.05, 4.69) is 81.4 Å². The van der Waals surface area contributed by atoms with Gasteiger partial charge in [-0.15, -0.1) is 0 Å². The predicted molar refractivity (Wildman–Crippen MR) is 235 cm³/mol. The first kappa shape index (κ1) is 41.2. The van der Waals surface area contributed by atoms with Crippen molar-refractivity contribution in [2.24, 2.45) is 92.7 Å². The van der Waals surface area contributed by atoms with Gasteiger partial charge in [0.25, 0.3) is 0 Å². The largest absolute Gasteiger partial charge is 0.374 e. The van der Waals surface area contributed by atoms with Crippen molar-refractivity contribution in [1.29, 1.82) is 0 Å². The van der Waals surface area contributed by atoms with E-state index in [4.69, 9.17) is 4.74 Å². The van der Waals surface area contributed by atoms with Gasteiger partial charge in [-0.3, -0.25) is 0 Å². The Morgan fingerprint density at radius 1 is 0.509 bits per heavy atom. The quantitative estimate of drug-likeness (QED) is 0.180. The summed E-state index contributed by atoms with van der Waals surface area (Å²) in [7, 11) is 0. The Kier molecular flexibility index (Phi) is 11.8. The minimum atomic E-state index is 0.428. The summed E-state index contributed by atoms with van der Waals surface area (Å²) in [4.78, 5) is 0. The van der Waals surface area contributed by atoms with Crippen LogP contribution in [0.2, 0.25) is 0 Å². The average molecular weight is 755 g/mol. The lowest BCUT2D eigenvalue weighted by molar-refractivity contribution is -0.0927. The molecule has 0 aromatic rings. The van der Waals surface area contributed by atoms with Gasteiger partial charge in [-0.2, -0.15) is 0 Å².